The molecule has 13 heteroatoms. The molecule has 252 valence electrons. The van der Waals surface area contributed by atoms with Gasteiger partial charge in [-0.25, -0.2) is 0 Å². The summed E-state index contributed by atoms with van der Waals surface area (Å²) in [6, 6.07) is 0. The van der Waals surface area contributed by atoms with Crippen LogP contribution in [0.1, 0.15) is 84.5 Å². The Balaban J connectivity index is 6.19. The molecule has 0 aliphatic carbocycles. The van der Waals surface area contributed by atoms with E-state index in [0.29, 0.717) is 6.42 Å². The molecule has 0 aliphatic rings. The Morgan fingerprint density at radius 2 is 0.952 bits per heavy atom. The molecule has 2 unspecified atom stereocenters. The summed E-state index contributed by atoms with van der Waals surface area (Å²) in [4.78, 5) is 14.0. The monoisotopic (exact) mass is 736 g/mol. The lowest BCUT2D eigenvalue weighted by atomic mass is 10.0. The molecule has 0 saturated heterocycles. The Morgan fingerprint density at radius 1 is 0.595 bits per heavy atom. The number of halogens is 6. The molecule has 0 aromatic carbocycles. The highest BCUT2D eigenvalue weighted by Crippen LogP contribution is 2.50. The average molecular weight is 740 g/mol. The lowest BCUT2D eigenvalue weighted by molar-refractivity contribution is -0.452. The fraction of sp³-hybridized carbons (Fsp3) is 0.966. The van der Waals surface area contributed by atoms with E-state index in [1.807, 2.05) is 13.1 Å². The summed E-state index contributed by atoms with van der Waals surface area (Å²) in [6.45, 7) is 7.75. The molecule has 0 spiro atoms. The van der Waals surface area contributed by atoms with Gasteiger partial charge in [0.25, 0.3) is 0 Å². The van der Waals surface area contributed by atoms with Gasteiger partial charge in [-0.15, -0.1) is 58.0 Å². The van der Waals surface area contributed by atoms with E-state index in [0.717, 1.165) is 19.3 Å². The van der Waals surface area contributed by atoms with Gasteiger partial charge in [0, 0.05) is 35.8 Å². The molecule has 0 aromatic rings. The van der Waals surface area contributed by atoms with Crippen LogP contribution in [0.15, 0.2) is 0 Å². The van der Waals surface area contributed by atoms with Crippen LogP contribution in [0.3, 0.4) is 0 Å². The largest absolute Gasteiger partial charge is 0.362 e. The summed E-state index contributed by atoms with van der Waals surface area (Å²) in [5, 5.41) is 0.0354. The molecule has 0 fully saturated rings. The van der Waals surface area contributed by atoms with E-state index >= 15 is 0 Å². The molecule has 6 nitrogen and oxygen atoms in total. The van der Waals surface area contributed by atoms with Gasteiger partial charge in [-0.1, -0.05) is 89.4 Å². The quantitative estimate of drug-likeness (QED) is 0.0317. The fourth-order valence-electron chi connectivity index (χ4n) is 5.04. The second-order valence-electron chi connectivity index (χ2n) is 10.9. The molecule has 0 radical (unpaired) electrons. The van der Waals surface area contributed by atoms with Crippen molar-refractivity contribution in [1.82, 2.24) is 0 Å². The van der Waals surface area contributed by atoms with E-state index in [-0.39, 0.29) is 67.8 Å². The van der Waals surface area contributed by atoms with Crippen molar-refractivity contribution >= 4 is 83.1 Å². The first-order chi connectivity index (χ1) is 20.0. The van der Waals surface area contributed by atoms with Crippen LogP contribution in [0, 0.1) is 0 Å². The number of unbranched alkanes of at least 4 members (excludes halogenated alkanes) is 9. The SMILES string of the molecule is CCCCCCCCCCCCC(=O)[Si](C)(C)C(Cl)(OCCCl)C(C)(OCCCl)C(OCCCl)(OCCCl)OCCCl. The molecular weight excluding hydrogens is 685 g/mol. The highest BCUT2D eigenvalue weighted by molar-refractivity contribution is 7.09. The van der Waals surface area contributed by atoms with Gasteiger partial charge in [0.05, 0.1) is 33.0 Å². The summed E-state index contributed by atoms with van der Waals surface area (Å²) in [5.41, 5.74) is -1.73. The van der Waals surface area contributed by atoms with E-state index in [1.54, 1.807) is 6.92 Å². The predicted octanol–water partition coefficient (Wildman–Crippen LogP) is 9.28. The minimum atomic E-state index is -3.27. The van der Waals surface area contributed by atoms with Crippen molar-refractivity contribution in [2.45, 2.75) is 114 Å². The first-order valence-electron chi connectivity index (χ1n) is 15.3. The van der Waals surface area contributed by atoms with Gasteiger partial charge in [0.2, 0.25) is 0 Å². The molecule has 2 atom stereocenters. The molecule has 0 amide bonds. The van der Waals surface area contributed by atoms with Crippen LogP contribution in [-0.2, 0) is 28.5 Å². The number of hydrogen-bond donors (Lipinski definition) is 0. The third kappa shape index (κ3) is 13.3. The first-order valence-corrected chi connectivity index (χ1v) is 21.3. The zero-order valence-electron chi connectivity index (χ0n) is 26.1. The number of rotatable bonds is 30. The molecule has 0 saturated carbocycles. The second kappa shape index (κ2) is 24.6. The van der Waals surface area contributed by atoms with E-state index in [2.05, 4.69) is 6.92 Å². The van der Waals surface area contributed by atoms with Crippen LogP contribution < -0.4 is 0 Å². The molecule has 42 heavy (non-hydrogen) atoms. The first kappa shape index (κ1) is 43.4. The Morgan fingerprint density at radius 3 is 1.36 bits per heavy atom. The Labute approximate surface area is 286 Å². The molecule has 0 rings (SSSR count). The van der Waals surface area contributed by atoms with Gasteiger partial charge < -0.3 is 28.5 Å². The third-order valence-electron chi connectivity index (χ3n) is 7.41. The minimum Gasteiger partial charge on any atom is -0.362 e. The van der Waals surface area contributed by atoms with Gasteiger partial charge in [-0.2, -0.15) is 0 Å². The summed E-state index contributed by atoms with van der Waals surface area (Å²) in [5.74, 6) is -1.34. The number of carbonyl (C=O) groups excluding carboxylic acids is 1. The highest BCUT2D eigenvalue weighted by Gasteiger charge is 2.72. The maximum Gasteiger partial charge on any atom is 0.317 e. The predicted molar refractivity (Wildman–Crippen MR) is 182 cm³/mol. The van der Waals surface area contributed by atoms with E-state index < -0.39 is 24.3 Å². The zero-order chi connectivity index (χ0) is 32.0. The Kier molecular flexibility index (Phi) is 25.4. The lowest BCUT2D eigenvalue weighted by Gasteiger charge is -2.56. The molecular formula is C29H54Cl6O6Si. The van der Waals surface area contributed by atoms with Crippen molar-refractivity contribution in [2.75, 3.05) is 62.4 Å². The summed E-state index contributed by atoms with van der Waals surface area (Å²) < 4.78 is 29.5. The number of hydrogen-bond acceptors (Lipinski definition) is 6. The topological polar surface area (TPSA) is 63.2 Å². The van der Waals surface area contributed by atoms with Gasteiger partial charge in [-0.3, -0.25) is 0 Å². The van der Waals surface area contributed by atoms with Gasteiger partial charge >= 0.3 is 5.97 Å². The zero-order valence-corrected chi connectivity index (χ0v) is 31.6. The van der Waals surface area contributed by atoms with Crippen LogP contribution in [-0.4, -0.2) is 92.2 Å². The number of alkyl halides is 6. The smallest absolute Gasteiger partial charge is 0.317 e. The van der Waals surface area contributed by atoms with Crippen molar-refractivity contribution in [1.29, 1.82) is 0 Å². The Hall–Kier alpha value is 1.43. The fourth-order valence-corrected chi connectivity index (χ4v) is 9.03. The van der Waals surface area contributed by atoms with Crippen molar-refractivity contribution in [2.24, 2.45) is 0 Å². The maximum absolute atomic E-state index is 14.0. The third-order valence-corrected chi connectivity index (χ3v) is 13.9. The van der Waals surface area contributed by atoms with Crippen LogP contribution >= 0.6 is 69.6 Å². The second-order valence-corrected chi connectivity index (χ2v) is 18.1. The van der Waals surface area contributed by atoms with Crippen LogP contribution in [0.2, 0.25) is 13.1 Å². The van der Waals surface area contributed by atoms with E-state index in [4.69, 9.17) is 93.3 Å². The van der Waals surface area contributed by atoms with Gasteiger partial charge in [0.15, 0.2) is 18.4 Å². The van der Waals surface area contributed by atoms with Crippen LogP contribution in [0.4, 0.5) is 0 Å². The average Bonchev–Trinajstić information content (AvgIpc) is 2.98. The van der Waals surface area contributed by atoms with E-state index in [1.165, 1.54) is 44.9 Å². The van der Waals surface area contributed by atoms with Crippen molar-refractivity contribution < 1.29 is 28.5 Å². The highest BCUT2D eigenvalue weighted by atomic mass is 35.5. The number of ether oxygens (including phenoxy) is 5. The lowest BCUT2D eigenvalue weighted by Crippen LogP contribution is -2.78. The summed E-state index contributed by atoms with van der Waals surface area (Å²) in [6.07, 6.45) is 12.1. The molecule has 0 heterocycles. The number of carbonyl (C=O) groups is 1. The van der Waals surface area contributed by atoms with Crippen LogP contribution in [0.5, 0.6) is 0 Å². The molecule has 0 bridgehead atoms. The summed E-state index contributed by atoms with van der Waals surface area (Å²) in [7, 11) is -3.27. The van der Waals surface area contributed by atoms with E-state index in [9.17, 15) is 4.79 Å². The van der Waals surface area contributed by atoms with Crippen molar-refractivity contribution in [3.05, 3.63) is 0 Å². The van der Waals surface area contributed by atoms with Gasteiger partial charge in [-0.05, 0) is 13.3 Å². The summed E-state index contributed by atoms with van der Waals surface area (Å²) >= 11 is 37.8. The van der Waals surface area contributed by atoms with Crippen molar-refractivity contribution in [3.63, 3.8) is 0 Å². The molecule has 0 aliphatic heterocycles. The molecule has 0 aromatic heterocycles. The molecule has 0 N–H and O–H groups in total. The minimum absolute atomic E-state index is 0.0168. The van der Waals surface area contributed by atoms with Gasteiger partial charge in [0.1, 0.15) is 5.41 Å². The van der Waals surface area contributed by atoms with Crippen molar-refractivity contribution in [3.8, 4) is 0 Å². The standard InChI is InChI=1S/C29H54Cl6O6Si/c1-5-6-7-8-9-10-11-12-13-14-15-26(36)42(3,4)28(35,38-22-17-31)27(2,37-21-16-30)29(39-23-18-32,40-24-19-33)41-25-20-34/h5-25H2,1-4H3. The maximum atomic E-state index is 14.0. The normalized spacial score (nSPS) is 15.5. The Bertz CT molecular complexity index is 673. The van der Waals surface area contributed by atoms with Crippen LogP contribution in [0.25, 0.3) is 0 Å².